The Morgan fingerprint density at radius 2 is 2.00 bits per heavy atom. The minimum Gasteiger partial charge on any atom is -0.497 e. The zero-order valence-electron chi connectivity index (χ0n) is 13.0. The van der Waals surface area contributed by atoms with Gasteiger partial charge in [0.15, 0.2) is 0 Å². The van der Waals surface area contributed by atoms with Crippen LogP contribution in [0.25, 0.3) is 0 Å². The predicted octanol–water partition coefficient (Wildman–Crippen LogP) is 3.37. The highest BCUT2D eigenvalue weighted by molar-refractivity contribution is 5.70. The summed E-state index contributed by atoms with van der Waals surface area (Å²) in [5.74, 6) is 0.707. The molecule has 116 valence electrons. The summed E-state index contributed by atoms with van der Waals surface area (Å²) >= 11 is 0. The smallest absolute Gasteiger partial charge is 0.306 e. The summed E-state index contributed by atoms with van der Waals surface area (Å²) in [5.41, 5.74) is 2.20. The lowest BCUT2D eigenvalue weighted by Gasteiger charge is -2.16. The van der Waals surface area contributed by atoms with E-state index >= 15 is 0 Å². The van der Waals surface area contributed by atoms with Gasteiger partial charge in [0, 0.05) is 12.4 Å². The van der Waals surface area contributed by atoms with Crippen molar-refractivity contribution >= 4 is 5.97 Å². The third kappa shape index (κ3) is 4.58. The molecule has 0 N–H and O–H groups in total. The van der Waals surface area contributed by atoms with Crippen LogP contribution in [-0.2, 0) is 16.0 Å². The van der Waals surface area contributed by atoms with Crippen LogP contribution in [0.3, 0.4) is 0 Å². The highest BCUT2D eigenvalue weighted by atomic mass is 16.5. The van der Waals surface area contributed by atoms with Gasteiger partial charge >= 0.3 is 5.97 Å². The standard InChI is InChI=1S/C18H21NO3/c1-3-22-18(20)12-16(15-5-4-10-19-13-15)11-14-6-8-17(21-2)9-7-14/h4-10,13,16H,3,11-12H2,1-2H3. The van der Waals surface area contributed by atoms with Gasteiger partial charge in [-0.15, -0.1) is 0 Å². The molecule has 0 amide bonds. The summed E-state index contributed by atoms with van der Waals surface area (Å²) in [6.45, 7) is 2.22. The van der Waals surface area contributed by atoms with Gasteiger partial charge in [0.1, 0.15) is 5.75 Å². The van der Waals surface area contributed by atoms with E-state index in [2.05, 4.69) is 4.98 Å². The van der Waals surface area contributed by atoms with Gasteiger partial charge in [0.05, 0.1) is 20.1 Å². The Morgan fingerprint density at radius 1 is 1.23 bits per heavy atom. The van der Waals surface area contributed by atoms with Crippen LogP contribution in [0.5, 0.6) is 5.75 Å². The molecular formula is C18H21NO3. The van der Waals surface area contributed by atoms with E-state index in [1.807, 2.05) is 49.5 Å². The highest BCUT2D eigenvalue weighted by Crippen LogP contribution is 2.25. The van der Waals surface area contributed by atoms with Crippen molar-refractivity contribution in [2.75, 3.05) is 13.7 Å². The highest BCUT2D eigenvalue weighted by Gasteiger charge is 2.18. The first-order valence-corrected chi connectivity index (χ1v) is 7.41. The Labute approximate surface area is 131 Å². The van der Waals surface area contributed by atoms with Crippen molar-refractivity contribution in [1.82, 2.24) is 4.98 Å². The molecule has 0 saturated heterocycles. The van der Waals surface area contributed by atoms with Gasteiger partial charge < -0.3 is 9.47 Å². The summed E-state index contributed by atoms with van der Waals surface area (Å²) < 4.78 is 10.3. The number of benzene rings is 1. The van der Waals surface area contributed by atoms with Crippen LogP contribution in [0, 0.1) is 0 Å². The number of rotatable bonds is 7. The number of pyridine rings is 1. The van der Waals surface area contributed by atoms with Crippen LogP contribution in [0.2, 0.25) is 0 Å². The zero-order valence-corrected chi connectivity index (χ0v) is 13.0. The maximum absolute atomic E-state index is 11.9. The molecule has 0 saturated carbocycles. The monoisotopic (exact) mass is 299 g/mol. The van der Waals surface area contributed by atoms with Crippen molar-refractivity contribution < 1.29 is 14.3 Å². The van der Waals surface area contributed by atoms with Crippen LogP contribution < -0.4 is 4.74 Å². The van der Waals surface area contributed by atoms with E-state index in [4.69, 9.17) is 9.47 Å². The van der Waals surface area contributed by atoms with Gasteiger partial charge in [-0.05, 0) is 48.6 Å². The third-order valence-electron chi connectivity index (χ3n) is 3.52. The van der Waals surface area contributed by atoms with Crippen LogP contribution in [0.15, 0.2) is 48.8 Å². The molecule has 0 aliphatic heterocycles. The van der Waals surface area contributed by atoms with Gasteiger partial charge in [-0.1, -0.05) is 18.2 Å². The molecule has 0 spiro atoms. The van der Waals surface area contributed by atoms with Crippen molar-refractivity contribution in [3.63, 3.8) is 0 Å². The molecule has 1 unspecified atom stereocenters. The minimum absolute atomic E-state index is 0.0566. The fourth-order valence-corrected chi connectivity index (χ4v) is 2.39. The topological polar surface area (TPSA) is 48.4 Å². The van der Waals surface area contributed by atoms with E-state index in [9.17, 15) is 4.79 Å². The second-order valence-electron chi connectivity index (χ2n) is 5.04. The molecule has 22 heavy (non-hydrogen) atoms. The summed E-state index contributed by atoms with van der Waals surface area (Å²) in [6.07, 6.45) is 4.66. The third-order valence-corrected chi connectivity index (χ3v) is 3.52. The Hall–Kier alpha value is -2.36. The first-order chi connectivity index (χ1) is 10.7. The quantitative estimate of drug-likeness (QED) is 0.735. The molecule has 4 heteroatoms. The summed E-state index contributed by atoms with van der Waals surface area (Å²) in [5, 5.41) is 0. The molecule has 0 fully saturated rings. The molecular weight excluding hydrogens is 278 g/mol. The second kappa shape index (κ2) is 8.17. The fourth-order valence-electron chi connectivity index (χ4n) is 2.39. The molecule has 0 radical (unpaired) electrons. The van der Waals surface area contributed by atoms with Gasteiger partial charge in [0.25, 0.3) is 0 Å². The number of nitrogens with zero attached hydrogens (tertiary/aromatic N) is 1. The Balaban J connectivity index is 2.14. The molecule has 1 aromatic carbocycles. The Kier molecular flexibility index (Phi) is 5.95. The van der Waals surface area contributed by atoms with E-state index in [0.717, 1.165) is 23.3 Å². The number of carbonyl (C=O) groups excluding carboxylic acids is 1. The minimum atomic E-state index is -0.176. The number of esters is 1. The largest absolute Gasteiger partial charge is 0.497 e. The number of carbonyl (C=O) groups is 1. The number of hydrogen-bond acceptors (Lipinski definition) is 4. The lowest BCUT2D eigenvalue weighted by molar-refractivity contribution is -0.143. The van der Waals surface area contributed by atoms with E-state index in [1.54, 1.807) is 13.3 Å². The first-order valence-electron chi connectivity index (χ1n) is 7.41. The number of ether oxygens (including phenoxy) is 2. The van der Waals surface area contributed by atoms with Crippen molar-refractivity contribution in [1.29, 1.82) is 0 Å². The molecule has 0 aliphatic carbocycles. The molecule has 1 heterocycles. The van der Waals surface area contributed by atoms with Crippen molar-refractivity contribution in [3.05, 3.63) is 59.9 Å². The van der Waals surface area contributed by atoms with E-state index in [0.29, 0.717) is 13.0 Å². The van der Waals surface area contributed by atoms with Crippen LogP contribution in [-0.4, -0.2) is 24.7 Å². The van der Waals surface area contributed by atoms with Gasteiger partial charge in [0.2, 0.25) is 0 Å². The molecule has 2 aromatic rings. The predicted molar refractivity (Wildman–Crippen MR) is 84.9 cm³/mol. The maximum Gasteiger partial charge on any atom is 0.306 e. The van der Waals surface area contributed by atoms with E-state index in [-0.39, 0.29) is 11.9 Å². The fraction of sp³-hybridized carbons (Fsp3) is 0.333. The lowest BCUT2D eigenvalue weighted by Crippen LogP contribution is -2.12. The lowest BCUT2D eigenvalue weighted by atomic mass is 9.90. The SMILES string of the molecule is CCOC(=O)CC(Cc1ccc(OC)cc1)c1cccnc1. The molecule has 1 aromatic heterocycles. The molecule has 2 rings (SSSR count). The first kappa shape index (κ1) is 16.0. The van der Waals surface area contributed by atoms with Crippen molar-refractivity contribution in [2.45, 2.75) is 25.7 Å². The van der Waals surface area contributed by atoms with Crippen LogP contribution in [0.4, 0.5) is 0 Å². The second-order valence-corrected chi connectivity index (χ2v) is 5.04. The van der Waals surface area contributed by atoms with Gasteiger partial charge in [-0.25, -0.2) is 0 Å². The van der Waals surface area contributed by atoms with E-state index in [1.165, 1.54) is 0 Å². The van der Waals surface area contributed by atoms with Crippen molar-refractivity contribution in [3.8, 4) is 5.75 Å². The molecule has 1 atom stereocenters. The van der Waals surface area contributed by atoms with E-state index < -0.39 is 0 Å². The summed E-state index contributed by atoms with van der Waals surface area (Å²) in [4.78, 5) is 16.0. The normalized spacial score (nSPS) is 11.7. The molecule has 0 bridgehead atoms. The number of methoxy groups -OCH3 is 1. The Bertz CT molecular complexity index is 581. The van der Waals surface area contributed by atoms with Gasteiger partial charge in [-0.3, -0.25) is 9.78 Å². The molecule has 4 nitrogen and oxygen atoms in total. The van der Waals surface area contributed by atoms with Crippen LogP contribution >= 0.6 is 0 Å². The number of aromatic nitrogens is 1. The van der Waals surface area contributed by atoms with Crippen LogP contribution in [0.1, 0.15) is 30.4 Å². The summed E-state index contributed by atoms with van der Waals surface area (Å²) in [6, 6.07) is 11.8. The molecule has 0 aliphatic rings. The summed E-state index contributed by atoms with van der Waals surface area (Å²) in [7, 11) is 1.65. The number of hydrogen-bond donors (Lipinski definition) is 0. The van der Waals surface area contributed by atoms with Gasteiger partial charge in [-0.2, -0.15) is 0 Å². The van der Waals surface area contributed by atoms with Crippen molar-refractivity contribution in [2.24, 2.45) is 0 Å². The zero-order chi connectivity index (χ0) is 15.8. The maximum atomic E-state index is 11.9. The average molecular weight is 299 g/mol. The Morgan fingerprint density at radius 3 is 2.59 bits per heavy atom. The average Bonchev–Trinajstić information content (AvgIpc) is 2.56.